The molecule has 41 nitrogen and oxygen atoms in total. The van der Waals surface area contributed by atoms with Gasteiger partial charge in [0.05, 0.1) is 330 Å². The zero-order valence-electron chi connectivity index (χ0n) is 70.2. The van der Waals surface area contributed by atoms with Gasteiger partial charge in [-0.25, -0.2) is 35.4 Å². The van der Waals surface area contributed by atoms with E-state index < -0.39 is 0 Å². The molecule has 0 saturated carbocycles. The Morgan fingerprint density at radius 3 is 0.675 bits per heavy atom. The summed E-state index contributed by atoms with van der Waals surface area (Å²) in [4.78, 5) is 27.7. The molecule has 0 radical (unpaired) electrons. The van der Waals surface area contributed by atoms with Crippen molar-refractivity contribution in [1.29, 1.82) is 0 Å². The summed E-state index contributed by atoms with van der Waals surface area (Å²) in [5.74, 6) is 33.9. The maximum absolute atomic E-state index is 5.85. The maximum atomic E-state index is 5.85. The maximum Gasteiger partial charge on any atom is 0.161 e. The first-order chi connectivity index (χ1) is 59.5. The van der Waals surface area contributed by atoms with Crippen LogP contribution < -0.4 is 59.1 Å². The van der Waals surface area contributed by atoms with Crippen molar-refractivity contribution in [2.75, 3.05) is 350 Å². The molecule has 0 amide bonds. The lowest BCUT2D eigenvalue weighted by atomic mass is 10.1. The van der Waals surface area contributed by atoms with Crippen LogP contribution in [0.4, 0.5) is 0 Å². The predicted octanol–water partition coefficient (Wildman–Crippen LogP) is 1.27. The second-order valence-electron chi connectivity index (χ2n) is 25.5. The van der Waals surface area contributed by atoms with Crippen LogP contribution in [-0.4, -0.2) is 368 Å². The van der Waals surface area contributed by atoms with Crippen molar-refractivity contribution in [2.45, 2.75) is 51.0 Å². The number of aryl methyl sites for hydroxylation is 1. The van der Waals surface area contributed by atoms with E-state index in [1.54, 1.807) is 0 Å². The van der Waals surface area contributed by atoms with Crippen LogP contribution in [0.15, 0.2) is 54.6 Å². The van der Waals surface area contributed by atoms with Crippen molar-refractivity contribution in [1.82, 2.24) is 0 Å². The van der Waals surface area contributed by atoms with E-state index in [1.807, 2.05) is 48.5 Å². The molecule has 3 atom stereocenters. The molecule has 3 fully saturated rings. The van der Waals surface area contributed by atoms with E-state index in [0.717, 1.165) is 40.8 Å². The van der Waals surface area contributed by atoms with Crippen LogP contribution in [0.2, 0.25) is 0 Å². The van der Waals surface area contributed by atoms with Gasteiger partial charge in [-0.3, -0.25) is 14.5 Å². The molecule has 696 valence electrons. The minimum atomic E-state index is -0.211. The lowest BCUT2D eigenvalue weighted by Crippen LogP contribution is -2.30. The van der Waals surface area contributed by atoms with Crippen LogP contribution >= 0.6 is 0 Å². The van der Waals surface area contributed by atoms with E-state index in [0.29, 0.717) is 386 Å². The number of fused-ring (bicyclic) bond motifs is 3. The van der Waals surface area contributed by atoms with E-state index >= 15 is 0 Å². The van der Waals surface area contributed by atoms with Crippen molar-refractivity contribution < 1.29 is 166 Å². The minimum Gasteiger partial charge on any atom is -0.491 e. The minimum absolute atomic E-state index is 0.141. The number of rotatable bonds is 12. The molecule has 3 aromatic carbocycles. The highest BCUT2D eigenvalue weighted by Crippen LogP contribution is 2.30. The summed E-state index contributed by atoms with van der Waals surface area (Å²) in [5.41, 5.74) is 3.98. The lowest BCUT2D eigenvalue weighted by molar-refractivity contribution is -0.0907. The van der Waals surface area contributed by atoms with Gasteiger partial charge in [-0.15, -0.1) is 0 Å². The van der Waals surface area contributed by atoms with Gasteiger partial charge >= 0.3 is 0 Å². The molecule has 6 heterocycles. The highest BCUT2D eigenvalue weighted by molar-refractivity contribution is 5.44. The highest BCUT2D eigenvalue weighted by Gasteiger charge is 2.16. The third-order valence-electron chi connectivity index (χ3n) is 16.1. The molecule has 6 aliphatic heterocycles. The summed E-state index contributed by atoms with van der Waals surface area (Å²) in [6.07, 6.45) is 1.32. The third-order valence-corrected chi connectivity index (χ3v) is 16.1. The molecule has 41 heteroatoms. The highest BCUT2D eigenvalue weighted by atomic mass is 16.7. The van der Waals surface area contributed by atoms with Crippen LogP contribution in [0.5, 0.6) is 28.7 Å². The second-order valence-corrected chi connectivity index (χ2v) is 25.5. The van der Waals surface area contributed by atoms with E-state index in [9.17, 15) is 0 Å². The number of hydrogen-bond acceptors (Lipinski definition) is 41. The van der Waals surface area contributed by atoms with Crippen LogP contribution in [0, 0.1) is 0 Å². The summed E-state index contributed by atoms with van der Waals surface area (Å²) in [7, 11) is 0. The largest absolute Gasteiger partial charge is 0.491 e. The van der Waals surface area contributed by atoms with Crippen molar-refractivity contribution in [3.8, 4) is 28.7 Å². The van der Waals surface area contributed by atoms with Crippen molar-refractivity contribution in [3.05, 3.63) is 76.9 Å². The Hall–Kier alpha value is -4.78. The molecule has 0 aromatic heterocycles. The molecule has 0 aliphatic carbocycles. The average Bonchev–Trinajstić information content (AvgIpc) is 1.08. The van der Waals surface area contributed by atoms with Gasteiger partial charge in [0.15, 0.2) is 23.0 Å². The first kappa shape index (κ1) is 108. The van der Waals surface area contributed by atoms with E-state index in [4.69, 9.17) is 173 Å². The van der Waals surface area contributed by atoms with Gasteiger partial charge in [0.25, 0.3) is 0 Å². The number of hydrogen-bond donors (Lipinski definition) is 6. The third kappa shape index (κ3) is 62.4. The van der Waals surface area contributed by atoms with Crippen LogP contribution in [0.3, 0.4) is 0 Å². The molecule has 3 aromatic rings. The smallest absolute Gasteiger partial charge is 0.161 e. The zero-order chi connectivity index (χ0) is 85.1. The van der Waals surface area contributed by atoms with Gasteiger partial charge in [-0.2, -0.15) is 0 Å². The second kappa shape index (κ2) is 82.5. The predicted molar refractivity (Wildman–Crippen MR) is 429 cm³/mol. The molecule has 120 heavy (non-hydrogen) atoms. The molecular formula is C79H140N6O35. The lowest BCUT2D eigenvalue weighted by Gasteiger charge is -2.18. The Morgan fingerprint density at radius 2 is 0.417 bits per heavy atom. The molecule has 3 saturated heterocycles. The van der Waals surface area contributed by atoms with Crippen LogP contribution in [0.1, 0.15) is 28.7 Å². The van der Waals surface area contributed by atoms with Gasteiger partial charge < -0.3 is 152 Å². The quantitative estimate of drug-likeness (QED) is 0.139. The molecule has 9 rings (SSSR count). The van der Waals surface area contributed by atoms with E-state index in [-0.39, 0.29) is 24.9 Å². The number of nitrogens with two attached hydrogens (primary N) is 6. The Morgan fingerprint density at radius 1 is 0.208 bits per heavy atom. The summed E-state index contributed by atoms with van der Waals surface area (Å²) in [6, 6.07) is 17.2. The summed E-state index contributed by atoms with van der Waals surface area (Å²) < 4.78 is 158. The Balaban J connectivity index is 0.000000305. The van der Waals surface area contributed by atoms with Gasteiger partial charge in [0, 0.05) is 6.61 Å². The zero-order valence-corrected chi connectivity index (χ0v) is 70.2. The summed E-state index contributed by atoms with van der Waals surface area (Å²) >= 11 is 0. The number of benzene rings is 3. The molecular weight excluding hydrogens is 1590 g/mol. The van der Waals surface area contributed by atoms with Crippen LogP contribution in [-0.2, 0) is 169 Å². The number of ether oxygens (including phenoxy) is 29. The Kier molecular flexibility index (Phi) is 73.9. The average molecular weight is 1730 g/mol. The summed E-state index contributed by atoms with van der Waals surface area (Å²) in [6.45, 7) is 28.2. The van der Waals surface area contributed by atoms with Gasteiger partial charge in [0.2, 0.25) is 0 Å². The Bertz CT molecular complexity index is 2670. The molecule has 0 spiro atoms. The molecule has 3 unspecified atom stereocenters. The topological polar surface area (TPSA) is 479 Å². The van der Waals surface area contributed by atoms with E-state index in [2.05, 4.69) is 35.1 Å². The fraction of sp³-hybridized carbons (Fsp3) is 0.772. The van der Waals surface area contributed by atoms with Gasteiger partial charge in [-0.1, -0.05) is 24.3 Å². The fourth-order valence-corrected chi connectivity index (χ4v) is 10.3. The van der Waals surface area contributed by atoms with Crippen molar-refractivity contribution in [3.63, 3.8) is 0 Å². The summed E-state index contributed by atoms with van der Waals surface area (Å²) in [5, 5.41) is 0. The first-order valence-electron chi connectivity index (χ1n) is 40.9. The molecule has 6 aliphatic rings. The normalized spacial score (nSPS) is 21.9. The van der Waals surface area contributed by atoms with Gasteiger partial charge in [0.1, 0.15) is 57.1 Å². The van der Waals surface area contributed by atoms with Crippen molar-refractivity contribution >= 4 is 0 Å². The Labute approximate surface area is 706 Å². The van der Waals surface area contributed by atoms with Crippen molar-refractivity contribution in [2.24, 2.45) is 35.4 Å². The monoisotopic (exact) mass is 1730 g/mol. The standard InChI is InChI=1S/C17H27NO7.C16H25NO5.C13H27NO7.C13H19NO5.C11H23NO6.C9H19NO5/c18-25-14-15-1-2-16-17(13-15)24-12-10-22-8-6-20-4-3-19-5-7-21-9-11-23-16;17-22-13-14-3-4-15-2-1-5-18-6-7-19-8-9-20-10-11-21-16(15)12-14;14-21-12-13-11-19-8-7-17-4-3-15-1-2-16-5-6-18-9-10-20-13;14-19-10-11-1-2-12-13(9-11)18-8-6-16-4-3-15-5-7-17-12;12-18-10-11-9-16-6-5-14-2-1-13-3-4-15-7-8-17-11;10-15-8-9-7-13-4-3-11-1-2-12-5-6-14-9/h1-2,13H,3-12,14,18H2;3-4,12H,1-2,5-11,13,17H2;13H,1-12,14H2;1-2,9H,3-8,10,14H2;11H,1-10,12H2;9H,1-8,10H2. The SMILES string of the molecule is NOCC1COCCOCCOCCO1.NOCC1COCCOCCOCCOCCO1.NOCC1COCCOCCOCCOCCOCCO1.NOCc1ccc2c(c1)OCCOCCOCCO2.NOCc1ccc2c(c1)OCCOCCOCCOCCC2.NOCc1ccc2c(c1)OCCOCCOCCOCCOCCO2. The fourth-order valence-electron chi connectivity index (χ4n) is 10.3. The molecule has 0 bridgehead atoms. The molecule has 12 N–H and O–H groups in total. The van der Waals surface area contributed by atoms with Crippen LogP contribution in [0.25, 0.3) is 0 Å². The first-order valence-corrected chi connectivity index (χ1v) is 40.9. The van der Waals surface area contributed by atoms with Gasteiger partial charge in [-0.05, 0) is 65.4 Å². The van der Waals surface area contributed by atoms with E-state index in [1.165, 1.54) is 0 Å².